The first-order valence-corrected chi connectivity index (χ1v) is 9.69. The largest absolute Gasteiger partial charge is 0.452 e. The molecule has 0 spiro atoms. The summed E-state index contributed by atoms with van der Waals surface area (Å²) in [6.45, 7) is 1.13. The third-order valence-electron chi connectivity index (χ3n) is 4.28. The summed E-state index contributed by atoms with van der Waals surface area (Å²) in [5, 5.41) is 2.73. The lowest BCUT2D eigenvalue weighted by atomic mass is 10.1. The Morgan fingerprint density at radius 2 is 1.83 bits per heavy atom. The predicted molar refractivity (Wildman–Crippen MR) is 105 cm³/mol. The summed E-state index contributed by atoms with van der Waals surface area (Å²) in [6.07, 6.45) is 0.0761. The van der Waals surface area contributed by atoms with E-state index < -0.39 is 30.0 Å². The smallest absolute Gasteiger partial charge is 0.446 e. The number of carbonyl (C=O) groups excluding carboxylic acids is 3. The van der Waals surface area contributed by atoms with Gasteiger partial charge in [-0.25, -0.2) is 4.79 Å². The molecule has 0 radical (unpaired) electrons. The molecule has 10 heteroatoms. The zero-order valence-corrected chi connectivity index (χ0v) is 16.5. The SMILES string of the molecule is CC1CC(=O)Nc2ccccc2N1C(=O)COC(=O)c1ccc(SC(F)(F)F)cc1. The van der Waals surface area contributed by atoms with Gasteiger partial charge in [0.15, 0.2) is 6.61 Å². The van der Waals surface area contributed by atoms with Crippen molar-refractivity contribution in [2.24, 2.45) is 0 Å². The van der Waals surface area contributed by atoms with Gasteiger partial charge < -0.3 is 15.0 Å². The van der Waals surface area contributed by atoms with Crippen molar-refractivity contribution in [3.63, 3.8) is 0 Å². The maximum atomic E-state index is 12.8. The molecule has 0 saturated heterocycles. The summed E-state index contributed by atoms with van der Waals surface area (Å²) in [4.78, 5) is 38.3. The fourth-order valence-corrected chi connectivity index (χ4v) is 3.58. The zero-order valence-electron chi connectivity index (χ0n) is 15.7. The van der Waals surface area contributed by atoms with Crippen molar-refractivity contribution >= 4 is 40.9 Å². The number of anilines is 2. The highest BCUT2D eigenvalue weighted by molar-refractivity contribution is 8.00. The van der Waals surface area contributed by atoms with E-state index in [1.807, 2.05) is 0 Å². The Morgan fingerprint density at radius 3 is 2.50 bits per heavy atom. The van der Waals surface area contributed by atoms with Crippen LogP contribution in [0.1, 0.15) is 23.7 Å². The van der Waals surface area contributed by atoms with E-state index in [-0.39, 0.29) is 34.5 Å². The van der Waals surface area contributed by atoms with Gasteiger partial charge in [0.2, 0.25) is 5.91 Å². The van der Waals surface area contributed by atoms with E-state index >= 15 is 0 Å². The van der Waals surface area contributed by atoms with Crippen molar-refractivity contribution in [1.82, 2.24) is 0 Å². The van der Waals surface area contributed by atoms with Crippen LogP contribution in [0.2, 0.25) is 0 Å². The topological polar surface area (TPSA) is 75.7 Å². The number of fused-ring (bicyclic) bond motifs is 1. The number of halogens is 3. The highest BCUT2D eigenvalue weighted by atomic mass is 32.2. The lowest BCUT2D eigenvalue weighted by Crippen LogP contribution is -2.41. The molecule has 6 nitrogen and oxygen atoms in total. The first-order chi connectivity index (χ1) is 14.1. The molecule has 1 N–H and O–H groups in total. The van der Waals surface area contributed by atoms with E-state index in [0.29, 0.717) is 11.4 Å². The molecule has 1 aliphatic rings. The fraction of sp³-hybridized carbons (Fsp3) is 0.250. The molecule has 1 atom stereocenters. The van der Waals surface area contributed by atoms with Crippen LogP contribution < -0.4 is 10.2 Å². The van der Waals surface area contributed by atoms with Crippen LogP contribution >= 0.6 is 11.8 Å². The van der Waals surface area contributed by atoms with Crippen LogP contribution in [0, 0.1) is 0 Å². The molecule has 1 aliphatic heterocycles. The van der Waals surface area contributed by atoms with Gasteiger partial charge >= 0.3 is 11.5 Å². The average molecular weight is 438 g/mol. The second-order valence-corrected chi connectivity index (χ2v) is 7.67. The van der Waals surface area contributed by atoms with Crippen LogP contribution in [0.25, 0.3) is 0 Å². The molecule has 2 aromatic rings. The minimum Gasteiger partial charge on any atom is -0.452 e. The second kappa shape index (κ2) is 8.78. The molecule has 2 amide bonds. The van der Waals surface area contributed by atoms with E-state index in [4.69, 9.17) is 4.74 Å². The highest BCUT2D eigenvalue weighted by Gasteiger charge is 2.31. The van der Waals surface area contributed by atoms with Gasteiger partial charge in [-0.3, -0.25) is 9.59 Å². The Balaban J connectivity index is 1.67. The van der Waals surface area contributed by atoms with Gasteiger partial charge in [-0.2, -0.15) is 13.2 Å². The van der Waals surface area contributed by atoms with Gasteiger partial charge in [0, 0.05) is 17.4 Å². The number of alkyl halides is 3. The maximum absolute atomic E-state index is 12.8. The summed E-state index contributed by atoms with van der Waals surface area (Å²) < 4.78 is 42.2. The number of esters is 1. The molecule has 0 aliphatic carbocycles. The molecule has 0 bridgehead atoms. The lowest BCUT2D eigenvalue weighted by Gasteiger charge is -2.27. The van der Waals surface area contributed by atoms with Crippen molar-refractivity contribution in [3.05, 3.63) is 54.1 Å². The number of thioether (sulfide) groups is 1. The van der Waals surface area contributed by atoms with Gasteiger partial charge in [-0.1, -0.05) is 12.1 Å². The fourth-order valence-electron chi connectivity index (χ4n) is 3.04. The number of ether oxygens (including phenoxy) is 1. The first-order valence-electron chi connectivity index (χ1n) is 8.88. The van der Waals surface area contributed by atoms with E-state index in [1.165, 1.54) is 17.0 Å². The normalized spacial score (nSPS) is 16.3. The number of hydrogen-bond acceptors (Lipinski definition) is 5. The quantitative estimate of drug-likeness (QED) is 0.572. The van der Waals surface area contributed by atoms with Crippen LogP contribution in [0.5, 0.6) is 0 Å². The van der Waals surface area contributed by atoms with E-state index in [2.05, 4.69) is 5.32 Å². The summed E-state index contributed by atoms with van der Waals surface area (Å²) in [5.74, 6) is -1.60. The Bertz CT molecular complexity index is 963. The maximum Gasteiger partial charge on any atom is 0.446 e. The summed E-state index contributed by atoms with van der Waals surface area (Å²) >= 11 is -0.292. The van der Waals surface area contributed by atoms with Crippen LogP contribution in [0.3, 0.4) is 0 Å². The molecule has 1 unspecified atom stereocenters. The number of benzene rings is 2. The van der Waals surface area contributed by atoms with Gasteiger partial charge in [-0.15, -0.1) is 0 Å². The standard InChI is InChI=1S/C20H17F3N2O4S/c1-12-10-17(26)24-15-4-2-3-5-16(15)25(12)18(27)11-29-19(28)13-6-8-14(9-7-13)30-20(21,22)23/h2-9,12H,10-11H2,1H3,(H,24,26). The second-order valence-electron chi connectivity index (χ2n) is 6.53. The lowest BCUT2D eigenvalue weighted by molar-refractivity contribution is -0.122. The Kier molecular flexibility index (Phi) is 6.35. The molecule has 0 saturated carbocycles. The molecular formula is C20H17F3N2O4S. The molecule has 3 rings (SSSR count). The number of para-hydroxylation sites is 2. The molecule has 1 heterocycles. The summed E-state index contributed by atoms with van der Waals surface area (Å²) in [6, 6.07) is 11.0. The van der Waals surface area contributed by atoms with Gasteiger partial charge in [0.05, 0.1) is 16.9 Å². The number of amides is 2. The molecule has 0 aromatic heterocycles. The highest BCUT2D eigenvalue weighted by Crippen LogP contribution is 2.36. The first kappa shape index (κ1) is 21.7. The van der Waals surface area contributed by atoms with Crippen molar-refractivity contribution in [2.45, 2.75) is 29.8 Å². The number of hydrogen-bond donors (Lipinski definition) is 1. The number of carbonyl (C=O) groups is 3. The third-order valence-corrected chi connectivity index (χ3v) is 5.02. The van der Waals surface area contributed by atoms with E-state index in [9.17, 15) is 27.6 Å². The average Bonchev–Trinajstić information content (AvgIpc) is 2.79. The molecule has 158 valence electrons. The van der Waals surface area contributed by atoms with Crippen molar-refractivity contribution in [3.8, 4) is 0 Å². The zero-order chi connectivity index (χ0) is 21.9. The predicted octanol–water partition coefficient (Wildman–Crippen LogP) is 4.22. The minimum absolute atomic E-state index is 0.0236. The van der Waals surface area contributed by atoms with Gasteiger partial charge in [0.25, 0.3) is 5.91 Å². The van der Waals surface area contributed by atoms with Gasteiger partial charge in [-0.05, 0) is 55.1 Å². The Morgan fingerprint density at radius 1 is 1.17 bits per heavy atom. The monoisotopic (exact) mass is 438 g/mol. The molecular weight excluding hydrogens is 421 g/mol. The molecule has 0 fully saturated rings. The van der Waals surface area contributed by atoms with Gasteiger partial charge in [0.1, 0.15) is 0 Å². The van der Waals surface area contributed by atoms with Crippen LogP contribution in [-0.4, -0.2) is 35.9 Å². The van der Waals surface area contributed by atoms with E-state index in [0.717, 1.165) is 12.1 Å². The van der Waals surface area contributed by atoms with Crippen LogP contribution in [0.4, 0.5) is 24.5 Å². The van der Waals surface area contributed by atoms with Crippen LogP contribution in [-0.2, 0) is 14.3 Å². The van der Waals surface area contributed by atoms with E-state index in [1.54, 1.807) is 31.2 Å². The van der Waals surface area contributed by atoms with Crippen molar-refractivity contribution in [1.29, 1.82) is 0 Å². The number of nitrogens with one attached hydrogen (secondary N) is 1. The Labute approximate surface area is 174 Å². The molecule has 2 aromatic carbocycles. The Hall–Kier alpha value is -3.01. The summed E-state index contributed by atoms with van der Waals surface area (Å²) in [5.41, 5.74) is -3.43. The van der Waals surface area contributed by atoms with Crippen molar-refractivity contribution < 1.29 is 32.3 Å². The van der Waals surface area contributed by atoms with Crippen LogP contribution in [0.15, 0.2) is 53.4 Å². The minimum atomic E-state index is -4.43. The number of nitrogens with zero attached hydrogens (tertiary/aromatic N) is 1. The molecule has 30 heavy (non-hydrogen) atoms. The summed E-state index contributed by atoms with van der Waals surface area (Å²) in [7, 11) is 0. The van der Waals surface area contributed by atoms with Crippen molar-refractivity contribution in [2.75, 3.05) is 16.8 Å². The third kappa shape index (κ3) is 5.32. The number of rotatable bonds is 4.